The van der Waals surface area contributed by atoms with Crippen molar-refractivity contribution in [2.45, 2.75) is 44.1 Å². The van der Waals surface area contributed by atoms with Gasteiger partial charge in [0.15, 0.2) is 0 Å². The number of nitrogens with one attached hydrogen (secondary N) is 1. The average Bonchev–Trinajstić information content (AvgIpc) is 3.04. The molecule has 108 valence electrons. The number of nitrogens with zero attached hydrogens (tertiary/aromatic N) is 1. The fraction of sp³-hybridized carbons (Fsp3) is 0.562. The molecule has 0 aliphatic carbocycles. The van der Waals surface area contributed by atoms with Crippen LogP contribution in [0.1, 0.15) is 37.1 Å². The maximum absolute atomic E-state index is 12.4. The Bertz CT molecular complexity index is 482. The summed E-state index contributed by atoms with van der Waals surface area (Å²) in [6.07, 6.45) is 2.57. The van der Waals surface area contributed by atoms with Crippen LogP contribution in [0.5, 0.6) is 0 Å². The maximum atomic E-state index is 12.4. The Kier molecular flexibility index (Phi) is 4.03. The van der Waals surface area contributed by atoms with E-state index in [2.05, 4.69) is 36.5 Å². The first kappa shape index (κ1) is 14.0. The van der Waals surface area contributed by atoms with Gasteiger partial charge in [0.1, 0.15) is 6.17 Å². The van der Waals surface area contributed by atoms with E-state index >= 15 is 0 Å². The second kappa shape index (κ2) is 5.78. The molecule has 1 aromatic rings. The predicted molar refractivity (Wildman–Crippen MR) is 83.7 cm³/mol. The van der Waals surface area contributed by atoms with Crippen LogP contribution in [0.4, 0.5) is 0 Å². The van der Waals surface area contributed by atoms with Gasteiger partial charge in [-0.15, -0.1) is 0 Å². The van der Waals surface area contributed by atoms with Crippen LogP contribution in [0, 0.1) is 6.92 Å². The molecule has 2 saturated heterocycles. The van der Waals surface area contributed by atoms with Crippen molar-refractivity contribution in [1.82, 2.24) is 10.2 Å². The van der Waals surface area contributed by atoms with Crippen LogP contribution in [-0.4, -0.2) is 34.4 Å². The Hall–Kier alpha value is -1.00. The van der Waals surface area contributed by atoms with Gasteiger partial charge in [0, 0.05) is 11.8 Å². The lowest BCUT2D eigenvalue weighted by Crippen LogP contribution is -2.35. The molecule has 0 spiro atoms. The van der Waals surface area contributed by atoms with Gasteiger partial charge >= 0.3 is 0 Å². The molecule has 1 N–H and O–H groups in total. The average molecular weight is 290 g/mol. The van der Waals surface area contributed by atoms with Gasteiger partial charge in [-0.1, -0.05) is 29.8 Å². The van der Waals surface area contributed by atoms with Gasteiger partial charge < -0.3 is 4.90 Å². The minimum absolute atomic E-state index is 0.0410. The molecule has 2 aliphatic rings. The van der Waals surface area contributed by atoms with E-state index in [0.717, 1.165) is 6.54 Å². The Balaban J connectivity index is 1.79. The first-order valence-electron chi connectivity index (χ1n) is 7.40. The molecule has 0 bridgehead atoms. The van der Waals surface area contributed by atoms with Crippen molar-refractivity contribution in [3.63, 3.8) is 0 Å². The number of hydrogen-bond donors (Lipinski definition) is 1. The fourth-order valence-corrected chi connectivity index (χ4v) is 4.27. The van der Waals surface area contributed by atoms with Crippen LogP contribution >= 0.6 is 11.8 Å². The van der Waals surface area contributed by atoms with E-state index in [4.69, 9.17) is 0 Å². The highest BCUT2D eigenvalue weighted by Crippen LogP contribution is 2.32. The number of carbonyl (C=O) groups is 1. The van der Waals surface area contributed by atoms with E-state index in [-0.39, 0.29) is 18.1 Å². The normalized spacial score (nSPS) is 30.2. The molecule has 20 heavy (non-hydrogen) atoms. The van der Waals surface area contributed by atoms with E-state index in [1.54, 1.807) is 0 Å². The molecular weight excluding hydrogens is 268 g/mol. The van der Waals surface area contributed by atoms with E-state index in [1.165, 1.54) is 29.7 Å². The molecule has 3 atom stereocenters. The standard InChI is InChI=1S/C16H22N2OS/c1-11-5-7-13(8-6-11)15-17-12(2)16(19)18(15)10-14-4-3-9-20-14/h5-8,12,14-15,17H,3-4,9-10H2,1-2H3. The first-order valence-corrected chi connectivity index (χ1v) is 8.45. The van der Waals surface area contributed by atoms with Crippen molar-refractivity contribution in [3.8, 4) is 0 Å². The minimum Gasteiger partial charge on any atom is -0.320 e. The third-order valence-corrected chi connectivity index (χ3v) is 5.57. The van der Waals surface area contributed by atoms with E-state index in [0.29, 0.717) is 5.25 Å². The highest BCUT2D eigenvalue weighted by molar-refractivity contribution is 8.00. The SMILES string of the molecule is Cc1ccc(C2NC(C)C(=O)N2CC2CCCS2)cc1. The Morgan fingerprint density at radius 2 is 2.10 bits per heavy atom. The number of benzene rings is 1. The lowest BCUT2D eigenvalue weighted by atomic mass is 10.1. The third-order valence-electron chi connectivity index (χ3n) is 4.19. The molecule has 3 nitrogen and oxygen atoms in total. The van der Waals surface area contributed by atoms with Gasteiger partial charge in [0.2, 0.25) is 5.91 Å². The molecule has 0 radical (unpaired) electrons. The number of carbonyl (C=O) groups excluding carboxylic acids is 1. The van der Waals surface area contributed by atoms with Crippen LogP contribution < -0.4 is 5.32 Å². The Morgan fingerprint density at radius 3 is 2.75 bits per heavy atom. The number of thioether (sulfide) groups is 1. The summed E-state index contributed by atoms with van der Waals surface area (Å²) in [5, 5.41) is 4.04. The van der Waals surface area contributed by atoms with Crippen LogP contribution in [0.2, 0.25) is 0 Å². The summed E-state index contributed by atoms with van der Waals surface area (Å²) >= 11 is 2.01. The zero-order valence-electron chi connectivity index (χ0n) is 12.1. The zero-order chi connectivity index (χ0) is 14.1. The summed E-state index contributed by atoms with van der Waals surface area (Å²) < 4.78 is 0. The molecule has 2 heterocycles. The largest absolute Gasteiger partial charge is 0.320 e. The quantitative estimate of drug-likeness (QED) is 0.929. The van der Waals surface area contributed by atoms with Gasteiger partial charge in [-0.3, -0.25) is 10.1 Å². The van der Waals surface area contributed by atoms with Crippen molar-refractivity contribution in [2.75, 3.05) is 12.3 Å². The molecule has 3 rings (SSSR count). The molecule has 3 unspecified atom stereocenters. The first-order chi connectivity index (χ1) is 9.65. The monoisotopic (exact) mass is 290 g/mol. The lowest BCUT2D eigenvalue weighted by Gasteiger charge is -2.27. The van der Waals surface area contributed by atoms with Gasteiger partial charge in [0.25, 0.3) is 0 Å². The third kappa shape index (κ3) is 2.72. The van der Waals surface area contributed by atoms with E-state index < -0.39 is 0 Å². The molecule has 4 heteroatoms. The molecular formula is C16H22N2OS. The van der Waals surface area contributed by atoms with Gasteiger partial charge in [-0.2, -0.15) is 11.8 Å². The number of amides is 1. The topological polar surface area (TPSA) is 32.3 Å². The number of rotatable bonds is 3. The van der Waals surface area contributed by atoms with Crippen LogP contribution in [-0.2, 0) is 4.79 Å². The number of aryl methyl sites for hydroxylation is 1. The summed E-state index contributed by atoms with van der Waals surface area (Å²) in [6.45, 7) is 4.93. The minimum atomic E-state index is -0.0762. The van der Waals surface area contributed by atoms with Crippen LogP contribution in [0.3, 0.4) is 0 Å². The fourth-order valence-electron chi connectivity index (χ4n) is 3.00. The van der Waals surface area contributed by atoms with Crippen molar-refractivity contribution in [1.29, 1.82) is 0 Å². The summed E-state index contributed by atoms with van der Waals surface area (Å²) in [5.74, 6) is 1.48. The van der Waals surface area contributed by atoms with Crippen molar-refractivity contribution >= 4 is 17.7 Å². The molecule has 1 amide bonds. The summed E-state index contributed by atoms with van der Waals surface area (Å²) in [5.41, 5.74) is 2.44. The lowest BCUT2D eigenvalue weighted by molar-refractivity contribution is -0.129. The highest BCUT2D eigenvalue weighted by Gasteiger charge is 2.38. The van der Waals surface area contributed by atoms with E-state index in [1.807, 2.05) is 23.6 Å². The second-order valence-electron chi connectivity index (χ2n) is 5.83. The predicted octanol–water partition coefficient (Wildman–Crippen LogP) is 2.71. The van der Waals surface area contributed by atoms with Gasteiger partial charge in [0.05, 0.1) is 6.04 Å². The molecule has 0 saturated carbocycles. The van der Waals surface area contributed by atoms with Crippen LogP contribution in [0.15, 0.2) is 24.3 Å². The van der Waals surface area contributed by atoms with Crippen molar-refractivity contribution < 1.29 is 4.79 Å². The van der Waals surface area contributed by atoms with Crippen molar-refractivity contribution in [3.05, 3.63) is 35.4 Å². The maximum Gasteiger partial charge on any atom is 0.241 e. The molecule has 2 fully saturated rings. The van der Waals surface area contributed by atoms with Gasteiger partial charge in [-0.05, 0) is 38.0 Å². The Labute approximate surface area is 125 Å². The Morgan fingerprint density at radius 1 is 1.35 bits per heavy atom. The zero-order valence-corrected chi connectivity index (χ0v) is 13.0. The van der Waals surface area contributed by atoms with Gasteiger partial charge in [-0.25, -0.2) is 0 Å². The number of hydrogen-bond acceptors (Lipinski definition) is 3. The summed E-state index contributed by atoms with van der Waals surface area (Å²) in [4.78, 5) is 14.4. The smallest absolute Gasteiger partial charge is 0.241 e. The van der Waals surface area contributed by atoms with Crippen molar-refractivity contribution in [2.24, 2.45) is 0 Å². The summed E-state index contributed by atoms with van der Waals surface area (Å²) in [7, 11) is 0. The summed E-state index contributed by atoms with van der Waals surface area (Å²) in [6, 6.07) is 8.42. The molecule has 0 aromatic heterocycles. The second-order valence-corrected chi connectivity index (χ2v) is 7.24. The molecule has 2 aliphatic heterocycles. The van der Waals surface area contributed by atoms with E-state index in [9.17, 15) is 4.79 Å². The van der Waals surface area contributed by atoms with Crippen LogP contribution in [0.25, 0.3) is 0 Å². The highest BCUT2D eigenvalue weighted by atomic mass is 32.2. The molecule has 1 aromatic carbocycles.